The SMILES string of the molecule is O=Cc1c(C2=CC=C3C(=Cc4ccccc43)C2)ccc2c1C(CCCCCCBr)(CCCCCCBr)c1ccccc1-2. The molecule has 216 valence electrons. The molecule has 0 spiro atoms. The minimum Gasteiger partial charge on any atom is -0.298 e. The second kappa shape index (κ2) is 13.4. The summed E-state index contributed by atoms with van der Waals surface area (Å²) in [4.78, 5) is 13.2. The molecule has 3 aliphatic rings. The third-order valence-corrected chi connectivity index (χ3v) is 10.8. The highest BCUT2D eigenvalue weighted by Gasteiger charge is 2.44. The molecule has 0 radical (unpaired) electrons. The molecule has 0 aromatic heterocycles. The Bertz CT molecular complexity index is 1540. The van der Waals surface area contributed by atoms with E-state index in [1.54, 1.807) is 0 Å². The van der Waals surface area contributed by atoms with Gasteiger partial charge in [0.15, 0.2) is 6.29 Å². The second-order valence-corrected chi connectivity index (χ2v) is 13.7. The predicted molar refractivity (Wildman–Crippen MR) is 187 cm³/mol. The first-order valence-corrected chi connectivity index (χ1v) is 18.0. The topological polar surface area (TPSA) is 17.1 Å². The van der Waals surface area contributed by atoms with Crippen molar-refractivity contribution in [1.82, 2.24) is 0 Å². The number of hydrogen-bond donors (Lipinski definition) is 0. The lowest BCUT2D eigenvalue weighted by atomic mass is 9.68. The Balaban J connectivity index is 1.42. The van der Waals surface area contributed by atoms with Crippen LogP contribution in [0.2, 0.25) is 0 Å². The molecule has 3 aromatic rings. The lowest BCUT2D eigenvalue weighted by Gasteiger charge is -2.34. The first kappa shape index (κ1) is 29.6. The third kappa shape index (κ3) is 5.48. The highest BCUT2D eigenvalue weighted by Crippen LogP contribution is 2.56. The van der Waals surface area contributed by atoms with E-state index in [0.717, 1.165) is 41.0 Å². The number of alkyl halides is 2. The molecule has 6 rings (SSSR count). The molecule has 0 heterocycles. The molecule has 0 atom stereocenters. The summed E-state index contributed by atoms with van der Waals surface area (Å²) in [7, 11) is 0. The number of hydrogen-bond acceptors (Lipinski definition) is 1. The zero-order valence-corrected chi connectivity index (χ0v) is 27.6. The van der Waals surface area contributed by atoms with Crippen LogP contribution in [0.4, 0.5) is 0 Å². The van der Waals surface area contributed by atoms with Crippen molar-refractivity contribution in [1.29, 1.82) is 0 Å². The third-order valence-electron chi connectivity index (χ3n) is 9.65. The number of halogens is 2. The van der Waals surface area contributed by atoms with Crippen LogP contribution < -0.4 is 0 Å². The van der Waals surface area contributed by atoms with E-state index < -0.39 is 0 Å². The number of aldehydes is 1. The van der Waals surface area contributed by atoms with Gasteiger partial charge in [-0.2, -0.15) is 0 Å². The van der Waals surface area contributed by atoms with Crippen molar-refractivity contribution in [3.05, 3.63) is 112 Å². The van der Waals surface area contributed by atoms with E-state index in [1.165, 1.54) is 108 Å². The molecule has 3 heteroatoms. The van der Waals surface area contributed by atoms with Crippen LogP contribution >= 0.6 is 31.9 Å². The van der Waals surface area contributed by atoms with Gasteiger partial charge in [0.1, 0.15) is 0 Å². The van der Waals surface area contributed by atoms with Gasteiger partial charge in [0.2, 0.25) is 0 Å². The molecule has 3 aliphatic carbocycles. The lowest BCUT2D eigenvalue weighted by molar-refractivity contribution is 0.112. The average Bonchev–Trinajstić information content (AvgIpc) is 3.54. The summed E-state index contributed by atoms with van der Waals surface area (Å²) in [5.41, 5.74) is 13.8. The Kier molecular flexibility index (Phi) is 9.46. The molecule has 0 saturated heterocycles. The fourth-order valence-corrected chi connectivity index (χ4v) is 8.50. The maximum Gasteiger partial charge on any atom is 0.150 e. The predicted octanol–water partition coefficient (Wildman–Crippen LogP) is 11.7. The van der Waals surface area contributed by atoms with Crippen molar-refractivity contribution in [3.63, 3.8) is 0 Å². The molecule has 1 nitrogen and oxygen atoms in total. The van der Waals surface area contributed by atoms with Crippen molar-refractivity contribution in [2.75, 3.05) is 10.7 Å². The quantitative estimate of drug-likeness (QED) is 0.0939. The van der Waals surface area contributed by atoms with Gasteiger partial charge in [-0.25, -0.2) is 0 Å². The fraction of sp³-hybridized carbons (Fsp3) is 0.359. The van der Waals surface area contributed by atoms with Gasteiger partial charge in [0, 0.05) is 21.6 Å². The van der Waals surface area contributed by atoms with E-state index in [2.05, 4.69) is 111 Å². The number of allylic oxidation sites excluding steroid dienone is 5. The zero-order chi connectivity index (χ0) is 28.9. The number of fused-ring (bicyclic) bond motifs is 6. The number of benzene rings is 3. The second-order valence-electron chi connectivity index (χ2n) is 12.1. The highest BCUT2D eigenvalue weighted by atomic mass is 79.9. The van der Waals surface area contributed by atoms with Crippen molar-refractivity contribution >= 4 is 55.4 Å². The normalized spacial score (nSPS) is 15.7. The smallest absolute Gasteiger partial charge is 0.150 e. The molecule has 0 fully saturated rings. The van der Waals surface area contributed by atoms with Gasteiger partial charge >= 0.3 is 0 Å². The Morgan fingerprint density at radius 2 is 1.29 bits per heavy atom. The van der Waals surface area contributed by atoms with Crippen LogP contribution in [-0.4, -0.2) is 16.9 Å². The molecule has 42 heavy (non-hydrogen) atoms. The van der Waals surface area contributed by atoms with Crippen LogP contribution in [-0.2, 0) is 5.41 Å². The molecular weight excluding hydrogens is 644 g/mol. The first-order valence-electron chi connectivity index (χ1n) is 15.8. The van der Waals surface area contributed by atoms with Gasteiger partial charge in [0.05, 0.1) is 0 Å². The number of rotatable bonds is 14. The summed E-state index contributed by atoms with van der Waals surface area (Å²) in [5.74, 6) is 0. The van der Waals surface area contributed by atoms with Crippen molar-refractivity contribution in [2.45, 2.75) is 76.0 Å². The van der Waals surface area contributed by atoms with E-state index in [1.807, 2.05) is 0 Å². The number of carbonyl (C=O) groups is 1. The van der Waals surface area contributed by atoms with Gasteiger partial charge in [0.25, 0.3) is 0 Å². The van der Waals surface area contributed by atoms with Crippen LogP contribution in [0.5, 0.6) is 0 Å². The minimum absolute atomic E-state index is 0.111. The van der Waals surface area contributed by atoms with Crippen LogP contribution in [0.1, 0.15) is 109 Å². The Hall–Kier alpha value is -2.49. The van der Waals surface area contributed by atoms with Crippen molar-refractivity contribution in [3.8, 4) is 11.1 Å². The van der Waals surface area contributed by atoms with Gasteiger partial charge in [-0.1, -0.05) is 149 Å². The molecule has 0 aliphatic heterocycles. The maximum absolute atomic E-state index is 13.2. The molecule has 0 saturated carbocycles. The highest BCUT2D eigenvalue weighted by molar-refractivity contribution is 9.09. The van der Waals surface area contributed by atoms with E-state index in [-0.39, 0.29) is 5.41 Å². The summed E-state index contributed by atoms with van der Waals surface area (Å²) in [5, 5.41) is 2.14. The van der Waals surface area contributed by atoms with E-state index >= 15 is 0 Å². The molecule has 0 N–H and O–H groups in total. The van der Waals surface area contributed by atoms with Gasteiger partial charge in [-0.15, -0.1) is 0 Å². The van der Waals surface area contributed by atoms with Gasteiger partial charge < -0.3 is 0 Å². The van der Waals surface area contributed by atoms with Crippen molar-refractivity contribution in [2.24, 2.45) is 0 Å². The zero-order valence-electron chi connectivity index (χ0n) is 24.4. The molecule has 0 unspecified atom stereocenters. The van der Waals surface area contributed by atoms with Crippen LogP contribution in [0.15, 0.2) is 78.4 Å². The summed E-state index contributed by atoms with van der Waals surface area (Å²) in [6.07, 6.45) is 20.9. The molecule has 3 aromatic carbocycles. The van der Waals surface area contributed by atoms with Crippen molar-refractivity contribution < 1.29 is 4.79 Å². The average molecular weight is 685 g/mol. The van der Waals surface area contributed by atoms with E-state index in [4.69, 9.17) is 0 Å². The van der Waals surface area contributed by atoms with Gasteiger partial charge in [-0.05, 0) is 87.8 Å². The minimum atomic E-state index is -0.111. The first-order chi connectivity index (χ1) is 20.7. The fourth-order valence-electron chi connectivity index (χ4n) is 7.71. The lowest BCUT2D eigenvalue weighted by Crippen LogP contribution is -2.27. The van der Waals surface area contributed by atoms with Crippen LogP contribution in [0.25, 0.3) is 28.3 Å². The molecule has 0 amide bonds. The number of carbonyl (C=O) groups excluding carboxylic acids is 1. The summed E-state index contributed by atoms with van der Waals surface area (Å²) in [6, 6.07) is 22.2. The van der Waals surface area contributed by atoms with Crippen LogP contribution in [0, 0.1) is 0 Å². The maximum atomic E-state index is 13.2. The van der Waals surface area contributed by atoms with Gasteiger partial charge in [-0.3, -0.25) is 4.79 Å². The summed E-state index contributed by atoms with van der Waals surface area (Å²) >= 11 is 7.22. The Morgan fingerprint density at radius 1 is 0.643 bits per heavy atom. The van der Waals surface area contributed by atoms with E-state index in [0.29, 0.717) is 0 Å². The van der Waals surface area contributed by atoms with E-state index in [9.17, 15) is 4.79 Å². The molecular formula is C39H40Br2O. The van der Waals surface area contributed by atoms with Crippen LogP contribution in [0.3, 0.4) is 0 Å². The standard InChI is InChI=1S/C39H40Br2O/c40-23-11-3-1-9-21-39(22-10-2-4-12-24-41)37-16-8-7-15-34(37)35-20-19-32(36(27-42)38(35)39)29-17-18-33-30(26-29)25-28-13-5-6-14-31(28)33/h5-8,13-20,25,27H,1-4,9-12,21-24,26H2. The Morgan fingerprint density at radius 3 is 2.00 bits per heavy atom. The molecule has 0 bridgehead atoms. The summed E-state index contributed by atoms with van der Waals surface area (Å²) in [6.45, 7) is 0. The number of unbranched alkanes of at least 4 members (excludes halogenated alkanes) is 6. The monoisotopic (exact) mass is 682 g/mol. The Labute approximate surface area is 268 Å². The largest absolute Gasteiger partial charge is 0.298 e. The summed E-state index contributed by atoms with van der Waals surface area (Å²) < 4.78 is 0.